The Morgan fingerprint density at radius 1 is 1.16 bits per heavy atom. The van der Waals surface area contributed by atoms with Crippen LogP contribution in [0.15, 0.2) is 48.5 Å². The summed E-state index contributed by atoms with van der Waals surface area (Å²) in [7, 11) is 1.34. The summed E-state index contributed by atoms with van der Waals surface area (Å²) in [5.74, 6) is -0.00697. The second kappa shape index (κ2) is 9.19. The van der Waals surface area contributed by atoms with E-state index >= 15 is 0 Å². The number of carbonyl (C=O) groups is 2. The number of methoxy groups -OCH3 is 1. The number of benzene rings is 2. The molecule has 2 aromatic rings. The van der Waals surface area contributed by atoms with Crippen LogP contribution in [0, 0.1) is 17.2 Å². The Balaban J connectivity index is 1.56. The first-order valence-corrected chi connectivity index (χ1v) is 10.5. The maximum absolute atomic E-state index is 13.2. The molecule has 3 heterocycles. The van der Waals surface area contributed by atoms with Gasteiger partial charge in [0.1, 0.15) is 6.10 Å². The molecule has 0 spiro atoms. The smallest absolute Gasteiger partial charge is 0.414 e. The summed E-state index contributed by atoms with van der Waals surface area (Å²) in [4.78, 5) is 28.8. The molecule has 2 bridgehead atoms. The predicted molar refractivity (Wildman–Crippen MR) is 115 cm³/mol. The standard InChI is InChI=1S/C24H25N3O4/c1-30-23(28)20-7-5-17(6-8-20)15-27(21-4-2-3-18(13-21)14-25)24(29)31-22-16-26-11-9-19(22)10-12-26/h2-8,13,19,22H,9-12,15-16H2,1H3/t22-/m0/s1. The fourth-order valence-corrected chi connectivity index (χ4v) is 4.29. The molecule has 0 saturated carbocycles. The zero-order valence-electron chi connectivity index (χ0n) is 17.5. The molecule has 0 aromatic heterocycles. The summed E-state index contributed by atoms with van der Waals surface area (Å²) in [6, 6.07) is 16.0. The molecule has 160 valence electrons. The molecule has 0 N–H and O–H groups in total. The van der Waals surface area contributed by atoms with E-state index in [1.165, 1.54) is 7.11 Å². The number of hydrogen-bond donors (Lipinski definition) is 0. The Morgan fingerprint density at radius 2 is 1.90 bits per heavy atom. The topological polar surface area (TPSA) is 82.9 Å². The van der Waals surface area contributed by atoms with Crippen LogP contribution in [0.25, 0.3) is 0 Å². The Hall–Kier alpha value is -3.37. The van der Waals surface area contributed by atoms with Crippen molar-refractivity contribution < 1.29 is 19.1 Å². The third kappa shape index (κ3) is 4.70. The first-order valence-electron chi connectivity index (χ1n) is 10.5. The van der Waals surface area contributed by atoms with Crippen molar-refractivity contribution in [1.29, 1.82) is 5.26 Å². The van der Waals surface area contributed by atoms with E-state index in [4.69, 9.17) is 9.47 Å². The van der Waals surface area contributed by atoms with Crippen LogP contribution < -0.4 is 4.90 Å². The molecule has 3 fully saturated rings. The lowest BCUT2D eigenvalue weighted by atomic mass is 9.86. The van der Waals surface area contributed by atoms with Crippen LogP contribution in [0.3, 0.4) is 0 Å². The van der Waals surface area contributed by atoms with Crippen LogP contribution in [0.4, 0.5) is 10.5 Å². The Labute approximate surface area is 181 Å². The monoisotopic (exact) mass is 419 g/mol. The summed E-state index contributed by atoms with van der Waals surface area (Å²) in [6.45, 7) is 3.17. The highest BCUT2D eigenvalue weighted by Gasteiger charge is 2.37. The average molecular weight is 419 g/mol. The minimum absolute atomic E-state index is 0.113. The van der Waals surface area contributed by atoms with Gasteiger partial charge in [-0.25, -0.2) is 9.59 Å². The Kier molecular flexibility index (Phi) is 6.19. The number of nitriles is 1. The number of esters is 1. The van der Waals surface area contributed by atoms with Gasteiger partial charge in [-0.2, -0.15) is 5.26 Å². The van der Waals surface area contributed by atoms with Gasteiger partial charge in [-0.1, -0.05) is 18.2 Å². The molecule has 31 heavy (non-hydrogen) atoms. The molecule has 3 saturated heterocycles. The van der Waals surface area contributed by atoms with Gasteiger partial charge in [-0.3, -0.25) is 9.80 Å². The quantitative estimate of drug-likeness (QED) is 0.689. The number of fused-ring (bicyclic) bond motifs is 3. The zero-order valence-corrected chi connectivity index (χ0v) is 17.5. The summed E-state index contributed by atoms with van der Waals surface area (Å²) >= 11 is 0. The highest BCUT2D eigenvalue weighted by Crippen LogP contribution is 2.31. The van der Waals surface area contributed by atoms with E-state index in [9.17, 15) is 14.9 Å². The van der Waals surface area contributed by atoms with Crippen LogP contribution in [0.5, 0.6) is 0 Å². The molecular formula is C24H25N3O4. The van der Waals surface area contributed by atoms with Crippen LogP contribution >= 0.6 is 0 Å². The molecule has 7 heteroatoms. The van der Waals surface area contributed by atoms with Gasteiger partial charge in [0.25, 0.3) is 0 Å². The van der Waals surface area contributed by atoms with Crippen molar-refractivity contribution in [3.63, 3.8) is 0 Å². The largest absolute Gasteiger partial charge is 0.465 e. The van der Waals surface area contributed by atoms with E-state index < -0.39 is 12.1 Å². The van der Waals surface area contributed by atoms with E-state index in [0.29, 0.717) is 22.7 Å². The minimum atomic E-state index is -0.425. The number of piperidine rings is 3. The molecule has 2 aromatic carbocycles. The van der Waals surface area contributed by atoms with Crippen molar-refractivity contribution in [2.24, 2.45) is 5.92 Å². The third-order valence-electron chi connectivity index (χ3n) is 6.07. The van der Waals surface area contributed by atoms with Crippen molar-refractivity contribution in [2.45, 2.75) is 25.5 Å². The molecule has 3 aliphatic rings. The van der Waals surface area contributed by atoms with Gasteiger partial charge in [-0.15, -0.1) is 0 Å². The number of ether oxygens (including phenoxy) is 2. The number of hydrogen-bond acceptors (Lipinski definition) is 6. The van der Waals surface area contributed by atoms with Gasteiger partial charge < -0.3 is 9.47 Å². The molecule has 0 radical (unpaired) electrons. The average Bonchev–Trinajstić information content (AvgIpc) is 2.83. The molecule has 3 aliphatic heterocycles. The van der Waals surface area contributed by atoms with Gasteiger partial charge in [0, 0.05) is 12.2 Å². The minimum Gasteiger partial charge on any atom is -0.465 e. The highest BCUT2D eigenvalue weighted by atomic mass is 16.6. The Morgan fingerprint density at radius 3 is 2.52 bits per heavy atom. The summed E-state index contributed by atoms with van der Waals surface area (Å²) in [5, 5.41) is 9.28. The Bertz CT molecular complexity index is 991. The lowest BCUT2D eigenvalue weighted by molar-refractivity contribution is -0.0311. The van der Waals surface area contributed by atoms with Gasteiger partial charge >= 0.3 is 12.1 Å². The summed E-state index contributed by atoms with van der Waals surface area (Å²) in [6.07, 6.45) is 1.57. The summed E-state index contributed by atoms with van der Waals surface area (Å²) < 4.78 is 10.7. The first kappa shape index (κ1) is 20.9. The number of rotatable bonds is 5. The molecular weight excluding hydrogens is 394 g/mol. The molecule has 0 unspecified atom stereocenters. The number of carbonyl (C=O) groups excluding carboxylic acids is 2. The van der Waals surface area contributed by atoms with Crippen LogP contribution in [0.1, 0.15) is 34.3 Å². The van der Waals surface area contributed by atoms with Gasteiger partial charge in [0.2, 0.25) is 0 Å². The molecule has 0 aliphatic carbocycles. The fraction of sp³-hybridized carbons (Fsp3) is 0.375. The highest BCUT2D eigenvalue weighted by molar-refractivity contribution is 5.90. The van der Waals surface area contributed by atoms with Gasteiger partial charge in [0.05, 0.1) is 30.9 Å². The van der Waals surface area contributed by atoms with Crippen LogP contribution in [0.2, 0.25) is 0 Å². The number of amides is 1. The number of anilines is 1. The lowest BCUT2D eigenvalue weighted by Crippen LogP contribution is -2.53. The van der Waals surface area contributed by atoms with E-state index in [1.54, 1.807) is 53.4 Å². The second-order valence-electron chi connectivity index (χ2n) is 8.00. The van der Waals surface area contributed by atoms with E-state index in [2.05, 4.69) is 11.0 Å². The second-order valence-corrected chi connectivity index (χ2v) is 8.00. The summed E-state index contributed by atoms with van der Waals surface area (Å²) in [5.41, 5.74) is 2.35. The predicted octanol–water partition coefficient (Wildman–Crippen LogP) is 3.58. The van der Waals surface area contributed by atoms with Gasteiger partial charge in [0.15, 0.2) is 0 Å². The van der Waals surface area contributed by atoms with Crippen LogP contribution in [-0.2, 0) is 16.0 Å². The molecule has 5 rings (SSSR count). The van der Waals surface area contributed by atoms with Crippen molar-refractivity contribution in [1.82, 2.24) is 4.90 Å². The van der Waals surface area contributed by atoms with Crippen molar-refractivity contribution in [3.8, 4) is 6.07 Å². The molecule has 7 nitrogen and oxygen atoms in total. The molecule has 1 atom stereocenters. The maximum Gasteiger partial charge on any atom is 0.414 e. The van der Waals surface area contributed by atoms with Crippen molar-refractivity contribution >= 4 is 17.7 Å². The van der Waals surface area contributed by atoms with E-state index in [-0.39, 0.29) is 12.6 Å². The number of nitrogens with zero attached hydrogens (tertiary/aromatic N) is 3. The first-order chi connectivity index (χ1) is 15.1. The van der Waals surface area contributed by atoms with Crippen molar-refractivity contribution in [3.05, 3.63) is 65.2 Å². The van der Waals surface area contributed by atoms with Crippen LogP contribution in [-0.4, -0.2) is 49.8 Å². The fourth-order valence-electron chi connectivity index (χ4n) is 4.29. The SMILES string of the molecule is COC(=O)c1ccc(CN(C(=O)O[C@H]2CN3CCC2CC3)c2cccc(C#N)c2)cc1. The normalized spacial score (nSPS) is 21.7. The molecule has 1 amide bonds. The lowest BCUT2D eigenvalue weighted by Gasteiger charge is -2.44. The van der Waals surface area contributed by atoms with Gasteiger partial charge in [-0.05, 0) is 67.7 Å². The maximum atomic E-state index is 13.2. The zero-order chi connectivity index (χ0) is 21.8. The van der Waals surface area contributed by atoms with E-state index in [1.807, 2.05) is 0 Å². The van der Waals surface area contributed by atoms with E-state index in [0.717, 1.165) is 38.0 Å². The van der Waals surface area contributed by atoms with Crippen molar-refractivity contribution in [2.75, 3.05) is 31.6 Å². The third-order valence-corrected chi connectivity index (χ3v) is 6.07.